The Morgan fingerprint density at radius 3 is 1.54 bits per heavy atom. The summed E-state index contributed by atoms with van der Waals surface area (Å²) in [5.74, 6) is 0. The van der Waals surface area contributed by atoms with E-state index < -0.39 is 0 Å². The quantitative estimate of drug-likeness (QED) is 0.453. The minimum absolute atomic E-state index is 0.741. The van der Waals surface area contributed by atoms with Crippen LogP contribution >= 0.6 is 23.2 Å². The molecule has 0 saturated carbocycles. The molecule has 0 saturated heterocycles. The first-order valence-corrected chi connectivity index (χ1v) is 9.47. The number of fused-ring (bicyclic) bond motifs is 3. The van der Waals surface area contributed by atoms with Crippen molar-refractivity contribution < 1.29 is 0 Å². The minimum Gasteiger partial charge on any atom is -0.250 e. The average Bonchev–Trinajstić information content (AvgIpc) is 2.58. The molecule has 4 heteroatoms. The fourth-order valence-corrected chi connectivity index (χ4v) is 3.52. The van der Waals surface area contributed by atoms with Crippen molar-refractivity contribution in [2.75, 3.05) is 0 Å². The van der Waals surface area contributed by atoms with Gasteiger partial charge in [-0.15, -0.1) is 0 Å². The summed E-state index contributed by atoms with van der Waals surface area (Å²) < 4.78 is 0. The monoisotopic (exact) mass is 360 g/mol. The normalized spacial score (nSPS) is 11.5. The van der Waals surface area contributed by atoms with E-state index in [9.17, 15) is 0 Å². The highest BCUT2D eigenvalue weighted by atomic mass is 35.5. The molecule has 3 aromatic rings. The summed E-state index contributed by atoms with van der Waals surface area (Å²) in [5.41, 5.74) is 3.79. The lowest BCUT2D eigenvalue weighted by Gasteiger charge is -2.10. The van der Waals surface area contributed by atoms with Crippen LogP contribution in [0, 0.1) is 0 Å². The SMILES string of the molecule is CCCCc1cc(Cl)c2ccc3c(Cl)cc(CCCC)nc3c2n1. The number of halogens is 2. The molecule has 0 atom stereocenters. The first kappa shape index (κ1) is 17.4. The second kappa shape index (κ2) is 7.67. The molecule has 0 unspecified atom stereocenters. The van der Waals surface area contributed by atoms with Crippen molar-refractivity contribution in [3.8, 4) is 0 Å². The summed E-state index contributed by atoms with van der Waals surface area (Å²) in [4.78, 5) is 9.72. The van der Waals surface area contributed by atoms with Gasteiger partial charge in [-0.05, 0) is 37.8 Å². The predicted octanol–water partition coefficient (Wildman–Crippen LogP) is 6.78. The van der Waals surface area contributed by atoms with E-state index in [0.717, 1.165) is 81.8 Å². The van der Waals surface area contributed by atoms with Gasteiger partial charge in [-0.2, -0.15) is 0 Å². The van der Waals surface area contributed by atoms with E-state index in [1.165, 1.54) is 0 Å². The van der Waals surface area contributed by atoms with E-state index in [2.05, 4.69) is 13.8 Å². The second-order valence-electron chi connectivity index (χ2n) is 6.26. The molecule has 0 fully saturated rings. The van der Waals surface area contributed by atoms with Crippen LogP contribution in [0.1, 0.15) is 50.9 Å². The maximum atomic E-state index is 6.50. The standard InChI is InChI=1S/C20H22Cl2N2/c1-3-5-7-13-11-17(21)15-9-10-16-18(22)12-14(8-6-4-2)24-20(16)19(15)23-13/h9-12H,3-8H2,1-2H3. The number of aryl methyl sites for hydroxylation is 2. The van der Waals surface area contributed by atoms with Crippen LogP contribution in [0.15, 0.2) is 24.3 Å². The van der Waals surface area contributed by atoms with Crippen molar-refractivity contribution in [2.45, 2.75) is 52.4 Å². The highest BCUT2D eigenvalue weighted by Gasteiger charge is 2.12. The number of aromatic nitrogens is 2. The van der Waals surface area contributed by atoms with Crippen LogP contribution in [0.25, 0.3) is 21.8 Å². The van der Waals surface area contributed by atoms with E-state index in [1.807, 2.05) is 24.3 Å². The number of hydrogen-bond acceptors (Lipinski definition) is 2. The van der Waals surface area contributed by atoms with Crippen LogP contribution in [-0.4, -0.2) is 9.97 Å². The van der Waals surface area contributed by atoms with Gasteiger partial charge in [-0.1, -0.05) is 62.0 Å². The van der Waals surface area contributed by atoms with Crippen molar-refractivity contribution in [3.63, 3.8) is 0 Å². The molecular formula is C20H22Cl2N2. The van der Waals surface area contributed by atoms with Gasteiger partial charge in [0, 0.05) is 22.2 Å². The smallest absolute Gasteiger partial charge is 0.0983 e. The van der Waals surface area contributed by atoms with E-state index >= 15 is 0 Å². The van der Waals surface area contributed by atoms with Crippen LogP contribution in [0.3, 0.4) is 0 Å². The number of pyridine rings is 2. The molecule has 3 rings (SSSR count). The van der Waals surface area contributed by atoms with E-state index in [1.54, 1.807) is 0 Å². The third-order valence-corrected chi connectivity index (χ3v) is 4.96. The predicted molar refractivity (Wildman–Crippen MR) is 104 cm³/mol. The molecule has 24 heavy (non-hydrogen) atoms. The molecule has 2 aromatic heterocycles. The zero-order valence-corrected chi connectivity index (χ0v) is 15.7. The maximum Gasteiger partial charge on any atom is 0.0983 e. The average molecular weight is 361 g/mol. The molecule has 0 aliphatic carbocycles. The van der Waals surface area contributed by atoms with Crippen molar-refractivity contribution in [3.05, 3.63) is 45.7 Å². The molecule has 2 heterocycles. The van der Waals surface area contributed by atoms with Crippen LogP contribution < -0.4 is 0 Å². The number of benzene rings is 1. The molecular weight excluding hydrogens is 339 g/mol. The lowest BCUT2D eigenvalue weighted by atomic mass is 10.1. The number of rotatable bonds is 6. The molecule has 0 aliphatic heterocycles. The lowest BCUT2D eigenvalue weighted by molar-refractivity contribution is 0.778. The summed E-state index contributed by atoms with van der Waals surface area (Å²) in [6, 6.07) is 7.95. The molecule has 1 aromatic carbocycles. The molecule has 0 amide bonds. The molecule has 126 valence electrons. The van der Waals surface area contributed by atoms with E-state index in [-0.39, 0.29) is 0 Å². The zero-order chi connectivity index (χ0) is 17.1. The highest BCUT2D eigenvalue weighted by molar-refractivity contribution is 6.38. The number of unbranched alkanes of at least 4 members (excludes halogenated alkanes) is 2. The van der Waals surface area contributed by atoms with Gasteiger partial charge in [0.2, 0.25) is 0 Å². The van der Waals surface area contributed by atoms with Gasteiger partial charge >= 0.3 is 0 Å². The summed E-state index contributed by atoms with van der Waals surface area (Å²) in [6.07, 6.45) is 6.36. The summed E-state index contributed by atoms with van der Waals surface area (Å²) >= 11 is 13.0. The van der Waals surface area contributed by atoms with Crippen LogP contribution in [-0.2, 0) is 12.8 Å². The van der Waals surface area contributed by atoms with E-state index in [0.29, 0.717) is 0 Å². The fourth-order valence-electron chi connectivity index (χ4n) is 2.96. The largest absolute Gasteiger partial charge is 0.250 e. The molecule has 2 nitrogen and oxygen atoms in total. The van der Waals surface area contributed by atoms with Crippen molar-refractivity contribution in [2.24, 2.45) is 0 Å². The molecule has 0 aliphatic rings. The molecule has 0 N–H and O–H groups in total. The summed E-state index contributed by atoms with van der Waals surface area (Å²) in [7, 11) is 0. The van der Waals surface area contributed by atoms with Gasteiger partial charge in [0.15, 0.2) is 0 Å². The third kappa shape index (κ3) is 3.50. The first-order chi connectivity index (χ1) is 11.6. The summed E-state index contributed by atoms with van der Waals surface area (Å²) in [6.45, 7) is 4.36. The Morgan fingerprint density at radius 2 is 1.17 bits per heavy atom. The fraction of sp³-hybridized carbons (Fsp3) is 0.400. The van der Waals surface area contributed by atoms with Gasteiger partial charge in [0.25, 0.3) is 0 Å². The highest BCUT2D eigenvalue weighted by Crippen LogP contribution is 2.32. The van der Waals surface area contributed by atoms with Crippen LogP contribution in [0.2, 0.25) is 10.0 Å². The Labute approximate surface area is 153 Å². The van der Waals surface area contributed by atoms with Gasteiger partial charge < -0.3 is 0 Å². The second-order valence-corrected chi connectivity index (χ2v) is 7.07. The Kier molecular flexibility index (Phi) is 5.57. The van der Waals surface area contributed by atoms with Gasteiger partial charge in [-0.25, -0.2) is 0 Å². The Bertz CT molecular complexity index is 802. The maximum absolute atomic E-state index is 6.50. The molecule has 0 spiro atoms. The van der Waals surface area contributed by atoms with Gasteiger partial charge in [-0.3, -0.25) is 9.97 Å². The minimum atomic E-state index is 0.741. The number of nitrogens with zero attached hydrogens (tertiary/aromatic N) is 2. The van der Waals surface area contributed by atoms with Crippen molar-refractivity contribution >= 4 is 45.0 Å². The number of hydrogen-bond donors (Lipinski definition) is 0. The Balaban J connectivity index is 2.22. The third-order valence-electron chi connectivity index (χ3n) is 4.34. The van der Waals surface area contributed by atoms with Crippen LogP contribution in [0.5, 0.6) is 0 Å². The first-order valence-electron chi connectivity index (χ1n) is 8.71. The topological polar surface area (TPSA) is 25.8 Å². The van der Waals surface area contributed by atoms with Crippen molar-refractivity contribution in [1.82, 2.24) is 9.97 Å². The Morgan fingerprint density at radius 1 is 0.750 bits per heavy atom. The Hall–Kier alpha value is -1.38. The molecule has 0 bridgehead atoms. The van der Waals surface area contributed by atoms with E-state index in [4.69, 9.17) is 33.2 Å². The van der Waals surface area contributed by atoms with Gasteiger partial charge in [0.05, 0.1) is 21.1 Å². The van der Waals surface area contributed by atoms with Crippen LogP contribution in [0.4, 0.5) is 0 Å². The molecule has 0 radical (unpaired) electrons. The lowest BCUT2D eigenvalue weighted by Crippen LogP contribution is -1.96. The summed E-state index contributed by atoms with van der Waals surface area (Å²) in [5, 5.41) is 3.37. The van der Waals surface area contributed by atoms with Gasteiger partial charge in [0.1, 0.15) is 0 Å². The zero-order valence-electron chi connectivity index (χ0n) is 14.2. The van der Waals surface area contributed by atoms with Crippen molar-refractivity contribution in [1.29, 1.82) is 0 Å².